The molecular formula is C32H54O2. The van der Waals surface area contributed by atoms with E-state index in [1.807, 2.05) is 0 Å². The minimum Gasteiger partial charge on any atom is -0.462 e. The molecule has 2 heteroatoms. The normalized spacial score (nSPS) is 56.3. The second kappa shape index (κ2) is 7.50. The Bertz CT molecular complexity index is 846. The second-order valence-electron chi connectivity index (χ2n) is 16.1. The summed E-state index contributed by atoms with van der Waals surface area (Å²) < 4.78 is 6.41. The predicted molar refractivity (Wildman–Crippen MR) is 140 cm³/mol. The molecule has 194 valence electrons. The monoisotopic (exact) mass is 470 g/mol. The molecule has 0 aromatic carbocycles. The number of ether oxygens (including phenoxy) is 1. The number of rotatable bonds is 1. The third-order valence-corrected chi connectivity index (χ3v) is 14.0. The SMILES string of the molecule is CC(=O)O[C@@H]1C[C@@]2(C)[C@@H](CCC[C@@H]2C)[C@]2(C)CC[C@@]3(C)[C@@H]4CC(C)(C)CC[C@]4(C)CC[C@]3(C)[C@@H]12. The maximum Gasteiger partial charge on any atom is 0.302 e. The van der Waals surface area contributed by atoms with Crippen molar-refractivity contribution in [2.75, 3.05) is 0 Å². The fourth-order valence-electron chi connectivity index (χ4n) is 11.8. The standard InChI is InChI=1S/C32H54O2/c1-21-11-10-12-24-29(6)16-18-31(8)25-20-27(3,4)13-14-28(25,5)15-17-32(31,9)26(29)23(34-22(2)33)19-30(21,24)7/h21,23-26H,10-20H2,1-9H3/t21-,23+,24-,25+,26-,28+,29-,30+,31-,32+/m0/s1. The fraction of sp³-hybridized carbons (Fsp3) is 0.969. The highest BCUT2D eigenvalue weighted by Gasteiger charge is 2.73. The molecule has 0 aromatic rings. The first-order valence-corrected chi connectivity index (χ1v) is 14.8. The van der Waals surface area contributed by atoms with Crippen molar-refractivity contribution < 1.29 is 9.53 Å². The van der Waals surface area contributed by atoms with Crippen LogP contribution in [0.4, 0.5) is 0 Å². The average Bonchev–Trinajstić information content (AvgIpc) is 2.72. The maximum absolute atomic E-state index is 12.5. The molecule has 0 bridgehead atoms. The van der Waals surface area contributed by atoms with Crippen LogP contribution in [-0.2, 0) is 9.53 Å². The predicted octanol–water partition coefficient (Wildman–Crippen LogP) is 8.82. The lowest BCUT2D eigenvalue weighted by Gasteiger charge is -2.75. The Hall–Kier alpha value is -0.530. The van der Waals surface area contributed by atoms with Gasteiger partial charge in [0, 0.05) is 12.8 Å². The van der Waals surface area contributed by atoms with Gasteiger partial charge in [-0.3, -0.25) is 4.79 Å². The molecule has 5 aliphatic rings. The van der Waals surface area contributed by atoms with Gasteiger partial charge in [-0.15, -0.1) is 0 Å². The summed E-state index contributed by atoms with van der Waals surface area (Å²) in [5, 5.41) is 0. The van der Waals surface area contributed by atoms with Gasteiger partial charge < -0.3 is 4.74 Å². The van der Waals surface area contributed by atoms with Gasteiger partial charge in [0.1, 0.15) is 6.10 Å². The van der Waals surface area contributed by atoms with Crippen molar-refractivity contribution >= 4 is 5.97 Å². The molecule has 0 N–H and O–H groups in total. The van der Waals surface area contributed by atoms with Crippen LogP contribution in [0.5, 0.6) is 0 Å². The van der Waals surface area contributed by atoms with Crippen LogP contribution in [0.3, 0.4) is 0 Å². The molecule has 0 aromatic heterocycles. The van der Waals surface area contributed by atoms with Gasteiger partial charge in [0.15, 0.2) is 0 Å². The van der Waals surface area contributed by atoms with E-state index in [1.54, 1.807) is 6.92 Å². The molecule has 5 aliphatic carbocycles. The molecule has 0 aliphatic heterocycles. The van der Waals surface area contributed by atoms with Gasteiger partial charge in [0.2, 0.25) is 0 Å². The average molecular weight is 471 g/mol. The van der Waals surface area contributed by atoms with E-state index in [4.69, 9.17) is 4.74 Å². The summed E-state index contributed by atoms with van der Waals surface area (Å²) in [6.45, 7) is 22.4. The van der Waals surface area contributed by atoms with E-state index in [0.717, 1.165) is 24.2 Å². The van der Waals surface area contributed by atoms with Gasteiger partial charge in [-0.1, -0.05) is 68.2 Å². The molecule has 0 radical (unpaired) electrons. The third kappa shape index (κ3) is 3.21. The van der Waals surface area contributed by atoms with Gasteiger partial charge >= 0.3 is 5.97 Å². The summed E-state index contributed by atoms with van der Waals surface area (Å²) in [7, 11) is 0. The molecule has 34 heavy (non-hydrogen) atoms. The van der Waals surface area contributed by atoms with E-state index < -0.39 is 0 Å². The van der Waals surface area contributed by atoms with Gasteiger partial charge in [0.05, 0.1) is 0 Å². The molecule has 5 fully saturated rings. The zero-order valence-electron chi connectivity index (χ0n) is 24.0. The zero-order chi connectivity index (χ0) is 24.9. The van der Waals surface area contributed by atoms with E-state index in [1.165, 1.54) is 64.2 Å². The molecule has 2 nitrogen and oxygen atoms in total. The van der Waals surface area contributed by atoms with Crippen molar-refractivity contribution in [3.63, 3.8) is 0 Å². The summed E-state index contributed by atoms with van der Waals surface area (Å²) in [6.07, 6.45) is 14.7. The van der Waals surface area contributed by atoms with Crippen molar-refractivity contribution in [2.24, 2.45) is 56.2 Å². The van der Waals surface area contributed by atoms with Crippen LogP contribution in [0.2, 0.25) is 0 Å². The topological polar surface area (TPSA) is 26.3 Å². The summed E-state index contributed by atoms with van der Waals surface area (Å²) in [6, 6.07) is 0. The highest BCUT2D eigenvalue weighted by Crippen LogP contribution is 2.78. The number of esters is 1. The van der Waals surface area contributed by atoms with E-state index >= 15 is 0 Å². The Morgan fingerprint density at radius 2 is 1.38 bits per heavy atom. The number of fused-ring (bicyclic) bond motifs is 7. The smallest absolute Gasteiger partial charge is 0.302 e. The van der Waals surface area contributed by atoms with Crippen LogP contribution in [0, 0.1) is 56.2 Å². The molecule has 5 rings (SSSR count). The lowest BCUT2D eigenvalue weighted by molar-refractivity contribution is -0.286. The van der Waals surface area contributed by atoms with Crippen LogP contribution in [-0.4, -0.2) is 12.1 Å². The van der Waals surface area contributed by atoms with E-state index in [0.29, 0.717) is 27.6 Å². The molecule has 0 heterocycles. The summed E-state index contributed by atoms with van der Waals surface area (Å²) in [5.74, 6) is 2.69. The first-order chi connectivity index (χ1) is 15.6. The summed E-state index contributed by atoms with van der Waals surface area (Å²) in [4.78, 5) is 12.5. The lowest BCUT2D eigenvalue weighted by atomic mass is 9.29. The third-order valence-electron chi connectivity index (χ3n) is 14.0. The van der Waals surface area contributed by atoms with Crippen LogP contribution in [0.25, 0.3) is 0 Å². The quantitative estimate of drug-likeness (QED) is 0.358. The Balaban J connectivity index is 1.63. The highest BCUT2D eigenvalue weighted by atomic mass is 16.5. The number of hydrogen-bond donors (Lipinski definition) is 0. The first-order valence-electron chi connectivity index (χ1n) is 14.8. The Kier molecular flexibility index (Phi) is 5.55. The second-order valence-corrected chi connectivity index (χ2v) is 16.1. The van der Waals surface area contributed by atoms with Crippen molar-refractivity contribution in [3.05, 3.63) is 0 Å². The Labute approximate surface area is 210 Å². The van der Waals surface area contributed by atoms with Crippen LogP contribution >= 0.6 is 0 Å². The maximum atomic E-state index is 12.5. The van der Waals surface area contributed by atoms with Crippen LogP contribution in [0.1, 0.15) is 133 Å². The van der Waals surface area contributed by atoms with E-state index in [2.05, 4.69) is 55.4 Å². The molecule has 0 unspecified atom stereocenters. The molecule has 0 amide bonds. The molecule has 5 saturated carbocycles. The minimum atomic E-state index is -0.0619. The zero-order valence-corrected chi connectivity index (χ0v) is 24.0. The number of carbonyl (C=O) groups is 1. The van der Waals surface area contributed by atoms with Gasteiger partial charge in [-0.2, -0.15) is 0 Å². The lowest BCUT2D eigenvalue weighted by Crippen LogP contribution is -2.70. The fourth-order valence-corrected chi connectivity index (χ4v) is 11.8. The van der Waals surface area contributed by atoms with Crippen molar-refractivity contribution in [1.29, 1.82) is 0 Å². The summed E-state index contributed by atoms with van der Waals surface area (Å²) >= 11 is 0. The highest BCUT2D eigenvalue weighted by molar-refractivity contribution is 5.66. The van der Waals surface area contributed by atoms with Crippen molar-refractivity contribution in [1.82, 2.24) is 0 Å². The largest absolute Gasteiger partial charge is 0.462 e. The van der Waals surface area contributed by atoms with Crippen molar-refractivity contribution in [3.8, 4) is 0 Å². The van der Waals surface area contributed by atoms with E-state index in [9.17, 15) is 4.79 Å². The molecule has 0 saturated heterocycles. The molecule has 0 spiro atoms. The van der Waals surface area contributed by atoms with Gasteiger partial charge in [0.25, 0.3) is 0 Å². The molecular weight excluding hydrogens is 416 g/mol. The van der Waals surface area contributed by atoms with Gasteiger partial charge in [-0.05, 0) is 108 Å². The van der Waals surface area contributed by atoms with Crippen LogP contribution in [0.15, 0.2) is 0 Å². The van der Waals surface area contributed by atoms with Gasteiger partial charge in [-0.25, -0.2) is 0 Å². The Morgan fingerprint density at radius 1 is 0.735 bits per heavy atom. The van der Waals surface area contributed by atoms with Crippen LogP contribution < -0.4 is 0 Å². The minimum absolute atomic E-state index is 0.0619. The molecule has 10 atom stereocenters. The number of hydrogen-bond acceptors (Lipinski definition) is 2. The first kappa shape index (κ1) is 25.1. The van der Waals surface area contributed by atoms with E-state index in [-0.39, 0.29) is 22.9 Å². The number of carbonyl (C=O) groups excluding carboxylic acids is 1. The summed E-state index contributed by atoms with van der Waals surface area (Å²) in [5.41, 5.74) is 2.06. The Morgan fingerprint density at radius 3 is 2.06 bits per heavy atom. The van der Waals surface area contributed by atoms with Crippen molar-refractivity contribution in [2.45, 2.75) is 139 Å².